The van der Waals surface area contributed by atoms with E-state index in [1.165, 1.54) is 17.5 Å². The number of anilines is 1. The number of carbonyl (C=O) groups is 1. The van der Waals surface area contributed by atoms with E-state index >= 15 is 4.39 Å². The van der Waals surface area contributed by atoms with E-state index in [9.17, 15) is 13.2 Å². The van der Waals surface area contributed by atoms with Gasteiger partial charge in [0.15, 0.2) is 0 Å². The van der Waals surface area contributed by atoms with Crippen LogP contribution in [0.1, 0.15) is 49.0 Å². The second kappa shape index (κ2) is 11.1. The molecule has 0 aromatic heterocycles. The number of sulfonamides is 1. The Morgan fingerprint density at radius 2 is 1.80 bits per heavy atom. The summed E-state index contributed by atoms with van der Waals surface area (Å²) in [6, 6.07) is 14.1. The first-order valence-corrected chi connectivity index (χ1v) is 13.7. The van der Waals surface area contributed by atoms with Gasteiger partial charge < -0.3 is 15.0 Å². The smallest absolute Gasteiger partial charge is 0.225 e. The number of ether oxygens (including phenoxy) is 1. The summed E-state index contributed by atoms with van der Waals surface area (Å²) in [5.74, 6) is -0.501. The molecular weight excluding hydrogens is 469 g/mol. The van der Waals surface area contributed by atoms with Crippen molar-refractivity contribution in [1.29, 1.82) is 0 Å². The first-order chi connectivity index (χ1) is 16.8. The Balaban J connectivity index is 1.44. The van der Waals surface area contributed by atoms with Crippen LogP contribution in [0.4, 0.5) is 10.1 Å². The molecule has 2 heterocycles. The molecular formula is C26H34FN3O4S. The summed E-state index contributed by atoms with van der Waals surface area (Å²) in [7, 11) is -2.09. The van der Waals surface area contributed by atoms with Gasteiger partial charge in [-0.15, -0.1) is 0 Å². The molecule has 2 aliphatic heterocycles. The highest BCUT2D eigenvalue weighted by Gasteiger charge is 2.40. The van der Waals surface area contributed by atoms with Gasteiger partial charge in [-0.2, -0.15) is 4.31 Å². The van der Waals surface area contributed by atoms with Crippen LogP contribution in [-0.4, -0.2) is 51.6 Å². The number of hydrogen-bond acceptors (Lipinski definition) is 5. The first kappa shape index (κ1) is 25.6. The molecule has 7 nitrogen and oxygen atoms in total. The minimum absolute atomic E-state index is 0.0146. The van der Waals surface area contributed by atoms with Gasteiger partial charge in [0.2, 0.25) is 15.9 Å². The summed E-state index contributed by atoms with van der Waals surface area (Å²) in [5.41, 5.74) is 1.89. The molecule has 190 valence electrons. The Kier molecular flexibility index (Phi) is 8.09. The average Bonchev–Trinajstić information content (AvgIpc) is 2.86. The van der Waals surface area contributed by atoms with Gasteiger partial charge in [0.05, 0.1) is 0 Å². The quantitative estimate of drug-likeness (QED) is 0.582. The van der Waals surface area contributed by atoms with Crippen LogP contribution in [0.2, 0.25) is 0 Å². The fraction of sp³-hybridized carbons (Fsp3) is 0.500. The summed E-state index contributed by atoms with van der Waals surface area (Å²) in [6.45, 7) is 3.40. The summed E-state index contributed by atoms with van der Waals surface area (Å²) >= 11 is 0. The third-order valence-electron chi connectivity index (χ3n) is 7.18. The number of halogens is 1. The van der Waals surface area contributed by atoms with Gasteiger partial charge in [-0.05, 0) is 50.3 Å². The lowest BCUT2D eigenvalue weighted by atomic mass is 9.95. The largest absolute Gasteiger partial charge is 0.371 e. The number of rotatable bonds is 7. The fourth-order valence-corrected chi connectivity index (χ4v) is 7.26. The summed E-state index contributed by atoms with van der Waals surface area (Å²) in [6.07, 6.45) is 2.66. The lowest BCUT2D eigenvalue weighted by molar-refractivity contribution is -0.127. The molecule has 9 heteroatoms. The highest BCUT2D eigenvalue weighted by atomic mass is 32.2. The number of carbonyl (C=O) groups excluding carboxylic acids is 1. The van der Waals surface area contributed by atoms with Crippen molar-refractivity contribution < 1.29 is 22.3 Å². The van der Waals surface area contributed by atoms with E-state index in [2.05, 4.69) is 10.2 Å². The van der Waals surface area contributed by atoms with Gasteiger partial charge in [0.1, 0.15) is 17.8 Å². The molecule has 2 aliphatic rings. The van der Waals surface area contributed by atoms with E-state index in [-0.39, 0.29) is 31.1 Å². The first-order valence-electron chi connectivity index (χ1n) is 12.2. The zero-order chi connectivity index (χ0) is 25.0. The zero-order valence-corrected chi connectivity index (χ0v) is 21.1. The third-order valence-corrected chi connectivity index (χ3v) is 9.55. The van der Waals surface area contributed by atoms with E-state index in [1.54, 1.807) is 6.07 Å². The van der Waals surface area contributed by atoms with Crippen molar-refractivity contribution in [2.45, 2.75) is 50.4 Å². The molecule has 0 bridgehead atoms. The predicted molar refractivity (Wildman–Crippen MR) is 134 cm³/mol. The van der Waals surface area contributed by atoms with Gasteiger partial charge in [-0.3, -0.25) is 4.79 Å². The van der Waals surface area contributed by atoms with Crippen LogP contribution in [0.5, 0.6) is 0 Å². The summed E-state index contributed by atoms with van der Waals surface area (Å²) < 4.78 is 48.4. The lowest BCUT2D eigenvalue weighted by Gasteiger charge is -2.37. The van der Waals surface area contributed by atoms with Crippen molar-refractivity contribution in [3.63, 3.8) is 0 Å². The van der Waals surface area contributed by atoms with E-state index in [1.807, 2.05) is 43.3 Å². The molecule has 2 aromatic carbocycles. The number of benzene rings is 2. The van der Waals surface area contributed by atoms with Crippen LogP contribution < -0.4 is 10.2 Å². The maximum atomic E-state index is 15.2. The SMILES string of the molecule is COCNC(=O)C1CCN(c2ccc(CN3C(C)CCC(c4ccccc4)S3(=O)=O)c(F)c2)CC1. The molecule has 2 aromatic rings. The number of methoxy groups -OCH3 is 1. The molecule has 2 unspecified atom stereocenters. The van der Waals surface area contributed by atoms with Gasteiger partial charge in [-0.1, -0.05) is 36.4 Å². The van der Waals surface area contributed by atoms with Crippen molar-refractivity contribution in [1.82, 2.24) is 9.62 Å². The zero-order valence-electron chi connectivity index (χ0n) is 20.3. The van der Waals surface area contributed by atoms with Gasteiger partial charge in [0.25, 0.3) is 0 Å². The fourth-order valence-electron chi connectivity index (χ4n) is 5.07. The molecule has 2 fully saturated rings. The Bertz CT molecular complexity index is 1120. The number of hydrogen-bond donors (Lipinski definition) is 1. The molecule has 1 amide bonds. The van der Waals surface area contributed by atoms with E-state index < -0.39 is 21.1 Å². The van der Waals surface area contributed by atoms with Crippen LogP contribution >= 0.6 is 0 Å². The standard InChI is InChI=1S/C26H34FN3O4S/c1-19-8-11-25(20-6-4-3-5-7-20)35(32,33)30(19)17-22-9-10-23(16-24(22)27)29-14-12-21(13-15-29)26(31)28-18-34-2/h3-7,9-10,16,19,21,25H,8,11-15,17-18H2,1-2H3,(H,28,31). The molecule has 2 saturated heterocycles. The van der Waals surface area contributed by atoms with E-state index in [0.29, 0.717) is 37.9 Å². The molecule has 0 saturated carbocycles. The van der Waals surface area contributed by atoms with Crippen molar-refractivity contribution in [3.8, 4) is 0 Å². The monoisotopic (exact) mass is 503 g/mol. The van der Waals surface area contributed by atoms with Crippen molar-refractivity contribution in [2.75, 3.05) is 31.8 Å². The topological polar surface area (TPSA) is 79.0 Å². The second-order valence-corrected chi connectivity index (χ2v) is 11.5. The van der Waals surface area contributed by atoms with Crippen LogP contribution in [0.15, 0.2) is 48.5 Å². The Hall–Kier alpha value is -2.49. The van der Waals surface area contributed by atoms with Gasteiger partial charge in [-0.25, -0.2) is 12.8 Å². The van der Waals surface area contributed by atoms with Crippen LogP contribution in [0.3, 0.4) is 0 Å². The molecule has 2 atom stereocenters. The van der Waals surface area contributed by atoms with E-state index in [0.717, 1.165) is 17.7 Å². The molecule has 35 heavy (non-hydrogen) atoms. The normalized spacial score (nSPS) is 23.2. The maximum Gasteiger partial charge on any atom is 0.225 e. The minimum atomic E-state index is -3.62. The van der Waals surface area contributed by atoms with Crippen molar-refractivity contribution in [3.05, 3.63) is 65.5 Å². The Morgan fingerprint density at radius 1 is 1.09 bits per heavy atom. The molecule has 0 spiro atoms. The average molecular weight is 504 g/mol. The second-order valence-electron chi connectivity index (χ2n) is 9.43. The maximum absolute atomic E-state index is 15.2. The van der Waals surface area contributed by atoms with E-state index in [4.69, 9.17) is 4.74 Å². The molecule has 1 N–H and O–H groups in total. The van der Waals surface area contributed by atoms with Crippen LogP contribution in [0.25, 0.3) is 0 Å². The predicted octanol–water partition coefficient (Wildman–Crippen LogP) is 3.82. The summed E-state index contributed by atoms with van der Waals surface area (Å²) in [4.78, 5) is 14.2. The Labute approximate surface area is 207 Å². The Morgan fingerprint density at radius 3 is 2.46 bits per heavy atom. The molecule has 0 aliphatic carbocycles. The number of amides is 1. The summed E-state index contributed by atoms with van der Waals surface area (Å²) in [5, 5.41) is 2.14. The highest BCUT2D eigenvalue weighted by Crippen LogP contribution is 2.38. The number of nitrogens with zero attached hydrogens (tertiary/aromatic N) is 2. The number of nitrogens with one attached hydrogen (secondary N) is 1. The van der Waals surface area contributed by atoms with Crippen molar-refractivity contribution >= 4 is 21.6 Å². The lowest BCUT2D eigenvalue weighted by Crippen LogP contribution is -2.44. The van der Waals surface area contributed by atoms with Crippen LogP contribution in [0, 0.1) is 11.7 Å². The molecule has 4 rings (SSSR count). The number of piperidine rings is 1. The minimum Gasteiger partial charge on any atom is -0.371 e. The third kappa shape index (κ3) is 5.68. The highest BCUT2D eigenvalue weighted by molar-refractivity contribution is 7.89. The molecule has 0 radical (unpaired) electrons. The van der Waals surface area contributed by atoms with Crippen LogP contribution in [-0.2, 0) is 26.1 Å². The van der Waals surface area contributed by atoms with Gasteiger partial charge in [0, 0.05) is 50.0 Å². The van der Waals surface area contributed by atoms with Gasteiger partial charge >= 0.3 is 0 Å². The van der Waals surface area contributed by atoms with Crippen molar-refractivity contribution in [2.24, 2.45) is 5.92 Å².